The Morgan fingerprint density at radius 2 is 1.77 bits per heavy atom. The van der Waals surface area contributed by atoms with Gasteiger partial charge in [-0.3, -0.25) is 24.5 Å². The van der Waals surface area contributed by atoms with Gasteiger partial charge in [0.05, 0.1) is 12.6 Å². The second-order valence-corrected chi connectivity index (χ2v) is 8.23. The predicted octanol–water partition coefficient (Wildman–Crippen LogP) is -0.703. The monoisotopic (exact) mass is 438 g/mol. The third-order valence-corrected chi connectivity index (χ3v) is 5.82. The molecule has 0 aromatic carbocycles. The fourth-order valence-corrected chi connectivity index (χ4v) is 4.35. The largest absolute Gasteiger partial charge is 0.480 e. The van der Waals surface area contributed by atoms with Gasteiger partial charge in [0, 0.05) is 19.5 Å². The quantitative estimate of drug-likeness (QED) is 0.219. The van der Waals surface area contributed by atoms with Gasteiger partial charge in [0.15, 0.2) is 5.96 Å². The van der Waals surface area contributed by atoms with Gasteiger partial charge in [-0.1, -0.05) is 32.1 Å². The number of likely N-dealkylation sites (tertiary alicyclic amines) is 1. The highest BCUT2D eigenvalue weighted by molar-refractivity contribution is 5.92. The Balaban J connectivity index is 1.96. The number of aliphatic imine (C=N–C) groups is 1. The van der Waals surface area contributed by atoms with E-state index in [2.05, 4.69) is 15.6 Å². The molecule has 31 heavy (non-hydrogen) atoms. The molecule has 0 radical (unpaired) electrons. The summed E-state index contributed by atoms with van der Waals surface area (Å²) in [7, 11) is 0. The van der Waals surface area contributed by atoms with Crippen LogP contribution in [0.5, 0.6) is 0 Å². The van der Waals surface area contributed by atoms with Crippen molar-refractivity contribution < 1.29 is 24.3 Å². The molecule has 2 rings (SSSR count). The molecule has 2 fully saturated rings. The molecule has 11 nitrogen and oxygen atoms in total. The lowest BCUT2D eigenvalue weighted by molar-refractivity contribution is -0.141. The van der Waals surface area contributed by atoms with Crippen molar-refractivity contribution >= 4 is 29.7 Å². The number of aliphatic carboxylic acids is 1. The van der Waals surface area contributed by atoms with Crippen molar-refractivity contribution in [2.75, 3.05) is 19.6 Å². The number of nitrogens with two attached hydrogens (primary N) is 2. The first-order chi connectivity index (χ1) is 14.8. The highest BCUT2D eigenvalue weighted by Crippen LogP contribution is 2.28. The van der Waals surface area contributed by atoms with Crippen molar-refractivity contribution in [2.24, 2.45) is 22.4 Å². The van der Waals surface area contributed by atoms with Crippen molar-refractivity contribution in [1.29, 1.82) is 0 Å². The Morgan fingerprint density at radius 3 is 2.42 bits per heavy atom. The molecule has 1 saturated heterocycles. The number of nitrogens with zero attached hydrogens (tertiary/aromatic N) is 2. The molecule has 1 aliphatic carbocycles. The van der Waals surface area contributed by atoms with Crippen LogP contribution in [0.1, 0.15) is 57.8 Å². The summed E-state index contributed by atoms with van der Waals surface area (Å²) in [6.45, 7) is 0.205. The molecule has 0 aromatic rings. The second-order valence-electron chi connectivity index (χ2n) is 8.23. The van der Waals surface area contributed by atoms with Crippen LogP contribution in [0.25, 0.3) is 0 Å². The lowest BCUT2D eigenvalue weighted by Gasteiger charge is -2.31. The van der Waals surface area contributed by atoms with Crippen molar-refractivity contribution in [3.8, 4) is 0 Å². The third-order valence-electron chi connectivity index (χ3n) is 5.82. The Hall–Kier alpha value is -2.69. The number of carboxylic acids is 1. The molecule has 1 heterocycles. The van der Waals surface area contributed by atoms with E-state index in [0.717, 1.165) is 25.7 Å². The zero-order valence-corrected chi connectivity index (χ0v) is 17.8. The van der Waals surface area contributed by atoms with E-state index < -0.39 is 24.0 Å². The van der Waals surface area contributed by atoms with E-state index in [1.54, 1.807) is 0 Å². The number of rotatable bonds is 10. The van der Waals surface area contributed by atoms with Crippen LogP contribution in [0.15, 0.2) is 4.99 Å². The van der Waals surface area contributed by atoms with Gasteiger partial charge in [0.1, 0.15) is 6.04 Å². The zero-order valence-electron chi connectivity index (χ0n) is 17.8. The lowest BCUT2D eigenvalue weighted by atomic mass is 9.84. The number of hydrogen-bond donors (Lipinski definition) is 5. The van der Waals surface area contributed by atoms with Crippen LogP contribution in [0.4, 0.5) is 0 Å². The standard InChI is InChI=1S/C20H34N6O5/c21-20(22)25-16(27)8-9-23-18(30)15-7-4-10-26(15)19(31)14(24-12-17(28)29)11-13-5-2-1-3-6-13/h13-15,24H,1-12H2,(H,23,30)(H,28,29)(H4,21,22,25,27)/t14-,15+/m1/s1. The summed E-state index contributed by atoms with van der Waals surface area (Å²) in [5.41, 5.74) is 10.3. The molecule has 0 aromatic heterocycles. The maximum Gasteiger partial charge on any atom is 0.317 e. The minimum atomic E-state index is -1.03. The topological polar surface area (TPSA) is 180 Å². The Labute approximate surface area is 182 Å². The van der Waals surface area contributed by atoms with E-state index >= 15 is 0 Å². The molecule has 1 saturated carbocycles. The molecule has 7 N–H and O–H groups in total. The van der Waals surface area contributed by atoms with Gasteiger partial charge in [-0.05, 0) is 25.2 Å². The van der Waals surface area contributed by atoms with Gasteiger partial charge in [-0.2, -0.15) is 4.99 Å². The van der Waals surface area contributed by atoms with Crippen LogP contribution in [-0.4, -0.2) is 71.4 Å². The SMILES string of the molecule is NC(N)=NC(=O)CCNC(=O)[C@@H]1CCCN1C(=O)[C@@H](CC1CCCCC1)NCC(=O)O. The van der Waals surface area contributed by atoms with E-state index in [9.17, 15) is 19.2 Å². The number of carboxylic acid groups (broad SMARTS) is 1. The first kappa shape index (κ1) is 24.6. The number of nitrogens with one attached hydrogen (secondary N) is 2. The van der Waals surface area contributed by atoms with Crippen LogP contribution >= 0.6 is 0 Å². The van der Waals surface area contributed by atoms with Crippen LogP contribution in [-0.2, 0) is 19.2 Å². The van der Waals surface area contributed by atoms with Gasteiger partial charge >= 0.3 is 5.97 Å². The average molecular weight is 439 g/mol. The summed E-state index contributed by atoms with van der Waals surface area (Å²) in [5.74, 6) is -2.09. The molecule has 1 aliphatic heterocycles. The number of carbonyl (C=O) groups is 4. The molecule has 2 aliphatic rings. The highest BCUT2D eigenvalue weighted by Gasteiger charge is 2.37. The maximum atomic E-state index is 13.2. The number of amides is 3. The fourth-order valence-electron chi connectivity index (χ4n) is 4.35. The molecule has 11 heteroatoms. The Morgan fingerprint density at radius 1 is 1.06 bits per heavy atom. The van der Waals surface area contributed by atoms with Crippen molar-refractivity contribution in [1.82, 2.24) is 15.5 Å². The molecular weight excluding hydrogens is 404 g/mol. The van der Waals surface area contributed by atoms with Crippen LogP contribution in [0.3, 0.4) is 0 Å². The van der Waals surface area contributed by atoms with E-state index in [1.165, 1.54) is 11.3 Å². The van der Waals surface area contributed by atoms with E-state index in [0.29, 0.717) is 31.7 Å². The van der Waals surface area contributed by atoms with Gasteiger partial charge in [-0.25, -0.2) is 0 Å². The van der Waals surface area contributed by atoms with Crippen molar-refractivity contribution in [3.63, 3.8) is 0 Å². The van der Waals surface area contributed by atoms with Crippen LogP contribution in [0, 0.1) is 5.92 Å². The second kappa shape index (κ2) is 12.2. The summed E-state index contributed by atoms with van der Waals surface area (Å²) in [6, 6.07) is -1.26. The Bertz CT molecular complexity index is 688. The molecule has 0 bridgehead atoms. The summed E-state index contributed by atoms with van der Waals surface area (Å²) in [4.78, 5) is 53.4. The maximum absolute atomic E-state index is 13.2. The van der Waals surface area contributed by atoms with Crippen LogP contribution in [0.2, 0.25) is 0 Å². The number of hydrogen-bond acceptors (Lipinski definition) is 5. The van der Waals surface area contributed by atoms with Crippen molar-refractivity contribution in [2.45, 2.75) is 69.9 Å². The van der Waals surface area contributed by atoms with Gasteiger partial charge in [0.25, 0.3) is 5.91 Å². The van der Waals surface area contributed by atoms with Gasteiger partial charge in [0.2, 0.25) is 11.8 Å². The highest BCUT2D eigenvalue weighted by atomic mass is 16.4. The summed E-state index contributed by atoms with van der Waals surface area (Å²) < 4.78 is 0. The average Bonchev–Trinajstić information content (AvgIpc) is 3.20. The molecule has 2 atom stereocenters. The lowest BCUT2D eigenvalue weighted by Crippen LogP contribution is -2.53. The zero-order chi connectivity index (χ0) is 22.8. The molecule has 0 unspecified atom stereocenters. The van der Waals surface area contributed by atoms with Crippen LogP contribution < -0.4 is 22.1 Å². The summed E-state index contributed by atoms with van der Waals surface area (Å²) in [5, 5.41) is 14.6. The number of carbonyl (C=O) groups excluding carboxylic acids is 3. The normalized spacial score (nSPS) is 20.1. The van der Waals surface area contributed by atoms with Gasteiger partial charge < -0.3 is 26.8 Å². The van der Waals surface area contributed by atoms with E-state index in [1.807, 2.05) is 0 Å². The summed E-state index contributed by atoms with van der Waals surface area (Å²) in [6.07, 6.45) is 7.24. The first-order valence-electron chi connectivity index (χ1n) is 10.9. The van der Waals surface area contributed by atoms with E-state index in [-0.39, 0.29) is 37.3 Å². The van der Waals surface area contributed by atoms with Crippen molar-refractivity contribution in [3.05, 3.63) is 0 Å². The molecule has 174 valence electrons. The minimum Gasteiger partial charge on any atom is -0.480 e. The summed E-state index contributed by atoms with van der Waals surface area (Å²) >= 11 is 0. The molecular formula is C20H34N6O5. The third kappa shape index (κ3) is 8.16. The van der Waals surface area contributed by atoms with E-state index in [4.69, 9.17) is 16.6 Å². The molecule has 0 spiro atoms. The fraction of sp³-hybridized carbons (Fsp3) is 0.750. The van der Waals surface area contributed by atoms with Gasteiger partial charge in [-0.15, -0.1) is 0 Å². The predicted molar refractivity (Wildman–Crippen MR) is 114 cm³/mol. The smallest absolute Gasteiger partial charge is 0.317 e. The number of guanidine groups is 1. The first-order valence-corrected chi connectivity index (χ1v) is 10.9. The molecule has 3 amide bonds. The Kier molecular flexibility index (Phi) is 9.70. The minimum absolute atomic E-state index is 0.0468.